The van der Waals surface area contributed by atoms with Crippen molar-refractivity contribution in [1.29, 1.82) is 0 Å². The number of hydrogen-bond acceptors (Lipinski definition) is 6. The lowest BCUT2D eigenvalue weighted by Gasteiger charge is -2.12. The van der Waals surface area contributed by atoms with E-state index >= 15 is 0 Å². The Morgan fingerprint density at radius 1 is 1.15 bits per heavy atom. The zero-order valence-electron chi connectivity index (χ0n) is 14.3. The van der Waals surface area contributed by atoms with Crippen molar-refractivity contribution in [3.8, 4) is 0 Å². The average molecular weight is 382 g/mol. The Labute approximate surface area is 152 Å². The van der Waals surface area contributed by atoms with Crippen LogP contribution in [0.15, 0.2) is 34.2 Å². The number of fused-ring (bicyclic) bond motifs is 1. The molecule has 3 aromatic heterocycles. The van der Waals surface area contributed by atoms with Crippen LogP contribution in [0, 0.1) is 0 Å². The second kappa shape index (κ2) is 6.79. The van der Waals surface area contributed by atoms with E-state index in [1.807, 2.05) is 13.0 Å². The molecule has 3 rings (SSSR count). The summed E-state index contributed by atoms with van der Waals surface area (Å²) in [6.07, 6.45) is -1.25. The molecule has 2 N–H and O–H groups in total. The Kier molecular flexibility index (Phi) is 4.83. The van der Waals surface area contributed by atoms with Gasteiger partial charge in [-0.15, -0.1) is 0 Å². The highest BCUT2D eigenvalue weighted by atomic mass is 32.2. The van der Waals surface area contributed by atoms with Gasteiger partial charge in [-0.1, -0.05) is 25.6 Å². The third-order valence-corrected chi connectivity index (χ3v) is 4.84. The molecule has 0 aliphatic heterocycles. The summed E-state index contributed by atoms with van der Waals surface area (Å²) in [5.74, 6) is 0.0587. The maximum absolute atomic E-state index is 12.9. The molecular weight excluding hydrogens is 365 g/mol. The van der Waals surface area contributed by atoms with Crippen LogP contribution in [0.3, 0.4) is 0 Å². The Morgan fingerprint density at radius 3 is 2.54 bits per heavy atom. The van der Waals surface area contributed by atoms with E-state index in [1.165, 1.54) is 0 Å². The molecule has 1 atom stereocenters. The van der Waals surface area contributed by atoms with Crippen LogP contribution in [0.1, 0.15) is 48.9 Å². The first-order valence-corrected chi connectivity index (χ1v) is 8.78. The fourth-order valence-corrected chi connectivity index (χ4v) is 3.37. The fourth-order valence-electron chi connectivity index (χ4n) is 2.50. The number of furan rings is 1. The molecule has 26 heavy (non-hydrogen) atoms. The van der Waals surface area contributed by atoms with Gasteiger partial charge in [-0.25, -0.2) is 9.97 Å². The van der Waals surface area contributed by atoms with Crippen LogP contribution in [0.5, 0.6) is 0 Å². The third-order valence-electron chi connectivity index (χ3n) is 3.85. The molecule has 0 spiro atoms. The van der Waals surface area contributed by atoms with Gasteiger partial charge in [0.2, 0.25) is 0 Å². The molecular formula is C17H17F3N4OS. The normalized spacial score (nSPS) is 13.5. The molecule has 0 amide bonds. The maximum atomic E-state index is 12.9. The molecule has 0 bridgehead atoms. The Balaban J connectivity index is 1.91. The summed E-state index contributed by atoms with van der Waals surface area (Å²) in [4.78, 5) is 11.8. The van der Waals surface area contributed by atoms with E-state index in [0.717, 1.165) is 28.8 Å². The van der Waals surface area contributed by atoms with E-state index < -0.39 is 11.9 Å². The first-order chi connectivity index (χ1) is 12.1. The summed E-state index contributed by atoms with van der Waals surface area (Å²) in [6.45, 7) is 5.94. The van der Waals surface area contributed by atoms with Crippen molar-refractivity contribution in [2.45, 2.75) is 43.3 Å². The molecule has 3 aromatic rings. The van der Waals surface area contributed by atoms with Crippen molar-refractivity contribution < 1.29 is 17.6 Å². The van der Waals surface area contributed by atoms with E-state index in [0.29, 0.717) is 11.3 Å². The van der Waals surface area contributed by atoms with E-state index in [2.05, 4.69) is 28.8 Å². The van der Waals surface area contributed by atoms with Crippen molar-refractivity contribution in [2.24, 2.45) is 0 Å². The van der Waals surface area contributed by atoms with Gasteiger partial charge < -0.3 is 10.2 Å². The predicted molar refractivity (Wildman–Crippen MR) is 93.8 cm³/mol. The van der Waals surface area contributed by atoms with Gasteiger partial charge in [0.1, 0.15) is 5.82 Å². The van der Waals surface area contributed by atoms with Crippen molar-refractivity contribution in [3.63, 3.8) is 0 Å². The Morgan fingerprint density at radius 2 is 1.88 bits per heavy atom. The second-order valence-electron chi connectivity index (χ2n) is 6.17. The maximum Gasteiger partial charge on any atom is 0.433 e. The van der Waals surface area contributed by atoms with Crippen molar-refractivity contribution in [2.75, 3.05) is 5.73 Å². The Bertz CT molecular complexity index is 939. The lowest BCUT2D eigenvalue weighted by molar-refractivity contribution is -0.141. The van der Waals surface area contributed by atoms with Gasteiger partial charge in [-0.3, -0.25) is 4.98 Å². The molecule has 0 aromatic carbocycles. The van der Waals surface area contributed by atoms with Gasteiger partial charge in [0.25, 0.3) is 0 Å². The van der Waals surface area contributed by atoms with Gasteiger partial charge in [-0.05, 0) is 18.9 Å². The lowest BCUT2D eigenvalue weighted by atomic mass is 10.0. The third kappa shape index (κ3) is 3.77. The molecule has 138 valence electrons. The molecule has 5 nitrogen and oxygen atoms in total. The summed E-state index contributed by atoms with van der Waals surface area (Å²) in [5, 5.41) is 0.641. The van der Waals surface area contributed by atoms with Crippen LogP contribution < -0.4 is 5.73 Å². The van der Waals surface area contributed by atoms with E-state index in [-0.39, 0.29) is 22.1 Å². The monoisotopic (exact) mass is 382 g/mol. The van der Waals surface area contributed by atoms with Crippen molar-refractivity contribution >= 4 is 28.5 Å². The SMILES string of the molecule is CC(C)c1coc2cnc(C(C)Sc3nc(N)cc(C(F)(F)F)n3)cc12. The van der Waals surface area contributed by atoms with Crippen LogP contribution in [0.4, 0.5) is 19.0 Å². The van der Waals surface area contributed by atoms with Crippen LogP contribution in [-0.2, 0) is 6.18 Å². The zero-order valence-corrected chi connectivity index (χ0v) is 15.1. The van der Waals surface area contributed by atoms with Gasteiger partial charge in [0.15, 0.2) is 16.4 Å². The molecule has 0 saturated heterocycles. The number of rotatable bonds is 4. The minimum Gasteiger partial charge on any atom is -0.462 e. The summed E-state index contributed by atoms with van der Waals surface area (Å²) in [6, 6.07) is 2.61. The van der Waals surface area contributed by atoms with Gasteiger partial charge >= 0.3 is 6.18 Å². The first kappa shape index (κ1) is 18.5. The lowest BCUT2D eigenvalue weighted by Crippen LogP contribution is -2.11. The van der Waals surface area contributed by atoms with Gasteiger partial charge in [0, 0.05) is 17.0 Å². The molecule has 3 heterocycles. The smallest absolute Gasteiger partial charge is 0.433 e. The molecule has 0 aliphatic carbocycles. The minimum atomic E-state index is -4.57. The minimum absolute atomic E-state index is 0.0389. The van der Waals surface area contributed by atoms with Crippen LogP contribution in [0.2, 0.25) is 0 Å². The number of alkyl halides is 3. The molecule has 0 aliphatic rings. The van der Waals surface area contributed by atoms with Gasteiger partial charge in [-0.2, -0.15) is 13.2 Å². The van der Waals surface area contributed by atoms with E-state index in [4.69, 9.17) is 10.2 Å². The number of nitrogens with zero attached hydrogens (tertiary/aromatic N) is 3. The standard InChI is InChI=1S/C17H17F3N4OS/c1-8(2)11-7-25-13-6-22-12(4-10(11)13)9(3)26-16-23-14(17(18,19)20)5-15(21)24-16/h4-9H,1-3H3,(H2,21,23,24). The number of hydrogen-bond donors (Lipinski definition) is 1. The van der Waals surface area contributed by atoms with Gasteiger partial charge in [0.05, 0.1) is 23.4 Å². The number of nitrogen functional groups attached to an aromatic ring is 1. The number of nitrogens with two attached hydrogens (primary N) is 1. The number of aromatic nitrogens is 3. The topological polar surface area (TPSA) is 77.8 Å². The average Bonchev–Trinajstić information content (AvgIpc) is 2.96. The quantitative estimate of drug-likeness (QED) is 0.494. The largest absolute Gasteiger partial charge is 0.462 e. The summed E-state index contributed by atoms with van der Waals surface area (Å²) in [7, 11) is 0. The highest BCUT2D eigenvalue weighted by Crippen LogP contribution is 2.37. The molecule has 0 radical (unpaired) electrons. The Hall–Kier alpha value is -2.29. The summed E-state index contributed by atoms with van der Waals surface area (Å²) in [5.41, 5.74) is 6.87. The molecule has 1 unspecified atom stereocenters. The first-order valence-electron chi connectivity index (χ1n) is 7.90. The van der Waals surface area contributed by atoms with Crippen molar-refractivity contribution in [3.05, 3.63) is 41.5 Å². The highest BCUT2D eigenvalue weighted by molar-refractivity contribution is 7.99. The fraction of sp³-hybridized carbons (Fsp3) is 0.353. The second-order valence-corrected chi connectivity index (χ2v) is 7.48. The van der Waals surface area contributed by atoms with Crippen molar-refractivity contribution in [1.82, 2.24) is 15.0 Å². The van der Waals surface area contributed by atoms with Crippen LogP contribution in [-0.4, -0.2) is 15.0 Å². The number of anilines is 1. The zero-order chi connectivity index (χ0) is 19.1. The van der Waals surface area contributed by atoms with Crippen LogP contribution >= 0.6 is 11.8 Å². The van der Waals surface area contributed by atoms with E-state index in [9.17, 15) is 13.2 Å². The number of halogens is 3. The number of thioether (sulfide) groups is 1. The highest BCUT2D eigenvalue weighted by Gasteiger charge is 2.33. The predicted octanol–water partition coefficient (Wildman–Crippen LogP) is 5.20. The molecule has 0 fully saturated rings. The summed E-state index contributed by atoms with van der Waals surface area (Å²) < 4.78 is 44.2. The molecule has 0 saturated carbocycles. The van der Waals surface area contributed by atoms with Crippen LogP contribution in [0.25, 0.3) is 11.0 Å². The molecule has 9 heteroatoms. The number of pyridine rings is 1. The van der Waals surface area contributed by atoms with E-state index in [1.54, 1.807) is 12.5 Å². The summed E-state index contributed by atoms with van der Waals surface area (Å²) >= 11 is 1.07.